The summed E-state index contributed by atoms with van der Waals surface area (Å²) < 4.78 is 4.91. The molecule has 2 aromatic heterocycles. The third-order valence-electron chi connectivity index (χ3n) is 2.48. The molecular formula is C14H15NO3S3. The van der Waals surface area contributed by atoms with Gasteiger partial charge in [-0.05, 0) is 22.9 Å². The number of ether oxygens (including phenoxy) is 1. The Morgan fingerprint density at radius 1 is 1.29 bits per heavy atom. The molecule has 0 aromatic carbocycles. The molecule has 0 spiro atoms. The largest absolute Gasteiger partial charge is 0.452 e. The lowest BCUT2D eigenvalue weighted by molar-refractivity contribution is -0.124. The maximum atomic E-state index is 11.5. The number of thioether (sulfide) groups is 1. The van der Waals surface area contributed by atoms with Crippen LogP contribution in [-0.2, 0) is 15.3 Å². The van der Waals surface area contributed by atoms with Crippen LogP contribution in [0.3, 0.4) is 0 Å². The summed E-state index contributed by atoms with van der Waals surface area (Å²) in [5.74, 6) is 1.07. The van der Waals surface area contributed by atoms with Gasteiger partial charge < -0.3 is 10.1 Å². The van der Waals surface area contributed by atoms with Crippen LogP contribution in [0.2, 0.25) is 0 Å². The zero-order valence-corrected chi connectivity index (χ0v) is 13.7. The standard InChI is InChI=1S/C14H15NO3S3/c16-13(8-18-14(17)11-3-6-19-9-11)15-4-7-20-10-12-2-1-5-21-12/h1-3,5-6,9H,4,7-8,10H2,(H,15,16). The summed E-state index contributed by atoms with van der Waals surface area (Å²) in [4.78, 5) is 24.4. The molecule has 2 aromatic rings. The quantitative estimate of drug-likeness (QED) is 0.592. The number of hydrogen-bond donors (Lipinski definition) is 1. The first kappa shape index (κ1) is 16.1. The Bertz CT molecular complexity index is 552. The molecule has 21 heavy (non-hydrogen) atoms. The first-order valence-corrected chi connectivity index (χ1v) is 9.29. The Kier molecular flexibility index (Phi) is 6.78. The molecule has 0 radical (unpaired) electrons. The average Bonchev–Trinajstić information content (AvgIpc) is 3.17. The van der Waals surface area contributed by atoms with Crippen molar-refractivity contribution in [1.82, 2.24) is 5.32 Å². The van der Waals surface area contributed by atoms with Crippen LogP contribution in [-0.4, -0.2) is 30.8 Å². The molecule has 2 heterocycles. The molecule has 2 rings (SSSR count). The van der Waals surface area contributed by atoms with Crippen LogP contribution < -0.4 is 5.32 Å². The molecule has 4 nitrogen and oxygen atoms in total. The number of hydrogen-bond acceptors (Lipinski definition) is 6. The number of carbonyl (C=O) groups is 2. The zero-order chi connectivity index (χ0) is 14.9. The molecule has 0 fully saturated rings. The topological polar surface area (TPSA) is 55.4 Å². The van der Waals surface area contributed by atoms with Crippen LogP contribution in [0.4, 0.5) is 0 Å². The normalized spacial score (nSPS) is 10.3. The highest BCUT2D eigenvalue weighted by Gasteiger charge is 2.09. The van der Waals surface area contributed by atoms with Crippen LogP contribution >= 0.6 is 34.4 Å². The highest BCUT2D eigenvalue weighted by Crippen LogP contribution is 2.16. The van der Waals surface area contributed by atoms with E-state index in [4.69, 9.17) is 4.74 Å². The van der Waals surface area contributed by atoms with Crippen molar-refractivity contribution >= 4 is 46.3 Å². The predicted octanol–water partition coefficient (Wildman–Crippen LogP) is 3.02. The van der Waals surface area contributed by atoms with Gasteiger partial charge in [0.2, 0.25) is 0 Å². The highest BCUT2D eigenvalue weighted by molar-refractivity contribution is 7.98. The predicted molar refractivity (Wildman–Crippen MR) is 88.1 cm³/mol. The maximum absolute atomic E-state index is 11.5. The molecule has 0 aliphatic carbocycles. The number of rotatable bonds is 8. The van der Waals surface area contributed by atoms with Crippen molar-refractivity contribution in [3.05, 3.63) is 44.8 Å². The molecule has 1 N–H and O–H groups in total. The van der Waals surface area contributed by atoms with E-state index >= 15 is 0 Å². The van der Waals surface area contributed by atoms with Crippen LogP contribution in [0.5, 0.6) is 0 Å². The van der Waals surface area contributed by atoms with E-state index in [-0.39, 0.29) is 12.5 Å². The average molecular weight is 341 g/mol. The molecular weight excluding hydrogens is 326 g/mol. The smallest absolute Gasteiger partial charge is 0.339 e. The lowest BCUT2D eigenvalue weighted by Gasteiger charge is -2.05. The van der Waals surface area contributed by atoms with Crippen LogP contribution in [0, 0.1) is 0 Å². The van der Waals surface area contributed by atoms with Gasteiger partial charge in [0.05, 0.1) is 5.56 Å². The van der Waals surface area contributed by atoms with Gasteiger partial charge in [0, 0.05) is 28.3 Å². The highest BCUT2D eigenvalue weighted by atomic mass is 32.2. The third kappa shape index (κ3) is 5.91. The number of esters is 1. The Hall–Kier alpha value is -1.31. The maximum Gasteiger partial charge on any atom is 0.339 e. The summed E-state index contributed by atoms with van der Waals surface area (Å²) in [7, 11) is 0. The second-order valence-electron chi connectivity index (χ2n) is 4.07. The third-order valence-corrected chi connectivity index (χ3v) is 5.23. The summed E-state index contributed by atoms with van der Waals surface area (Å²) in [5, 5.41) is 8.28. The van der Waals surface area contributed by atoms with Gasteiger partial charge in [0.25, 0.3) is 5.91 Å². The van der Waals surface area contributed by atoms with Crippen molar-refractivity contribution in [2.75, 3.05) is 18.9 Å². The zero-order valence-electron chi connectivity index (χ0n) is 11.2. The molecule has 0 bridgehead atoms. The van der Waals surface area contributed by atoms with Crippen LogP contribution in [0.1, 0.15) is 15.2 Å². The lowest BCUT2D eigenvalue weighted by Crippen LogP contribution is -2.30. The molecule has 0 saturated heterocycles. The van der Waals surface area contributed by atoms with Gasteiger partial charge in [-0.2, -0.15) is 23.1 Å². The molecule has 112 valence electrons. The van der Waals surface area contributed by atoms with E-state index in [2.05, 4.69) is 16.8 Å². The number of nitrogens with one attached hydrogen (secondary N) is 1. The minimum Gasteiger partial charge on any atom is -0.452 e. The molecule has 1 amide bonds. The van der Waals surface area contributed by atoms with E-state index in [1.165, 1.54) is 16.2 Å². The van der Waals surface area contributed by atoms with Gasteiger partial charge >= 0.3 is 5.97 Å². The van der Waals surface area contributed by atoms with Crippen molar-refractivity contribution < 1.29 is 14.3 Å². The first-order chi connectivity index (χ1) is 10.3. The fraction of sp³-hybridized carbons (Fsp3) is 0.286. The van der Waals surface area contributed by atoms with Gasteiger partial charge in [-0.3, -0.25) is 4.79 Å². The van der Waals surface area contributed by atoms with E-state index in [1.807, 2.05) is 6.07 Å². The van der Waals surface area contributed by atoms with Crippen LogP contribution in [0.25, 0.3) is 0 Å². The summed E-state index contributed by atoms with van der Waals surface area (Å²) >= 11 is 4.91. The Labute approximate surface area is 135 Å². The van der Waals surface area contributed by atoms with Crippen molar-refractivity contribution in [2.24, 2.45) is 0 Å². The van der Waals surface area contributed by atoms with Gasteiger partial charge in [0.1, 0.15) is 0 Å². The van der Waals surface area contributed by atoms with Crippen molar-refractivity contribution in [3.63, 3.8) is 0 Å². The SMILES string of the molecule is O=C(COC(=O)c1ccsc1)NCCSCc1cccs1. The van der Waals surface area contributed by atoms with E-state index in [0.717, 1.165) is 11.5 Å². The van der Waals surface area contributed by atoms with Crippen molar-refractivity contribution in [3.8, 4) is 0 Å². The van der Waals surface area contributed by atoms with E-state index in [0.29, 0.717) is 12.1 Å². The van der Waals surface area contributed by atoms with Gasteiger partial charge in [-0.1, -0.05) is 6.07 Å². The molecule has 0 aliphatic rings. The lowest BCUT2D eigenvalue weighted by atomic mass is 10.3. The fourth-order valence-electron chi connectivity index (χ4n) is 1.48. The fourth-order valence-corrected chi connectivity index (χ4v) is 3.80. The number of thiophene rings is 2. The van der Waals surface area contributed by atoms with E-state index in [1.54, 1.807) is 39.9 Å². The van der Waals surface area contributed by atoms with Crippen molar-refractivity contribution in [2.45, 2.75) is 5.75 Å². The Balaban J connectivity index is 1.52. The summed E-state index contributed by atoms with van der Waals surface area (Å²) in [6.07, 6.45) is 0. The second kappa shape index (κ2) is 8.86. The molecule has 7 heteroatoms. The second-order valence-corrected chi connectivity index (χ2v) is 6.99. The molecule has 0 saturated carbocycles. The summed E-state index contributed by atoms with van der Waals surface area (Å²) in [6, 6.07) is 5.80. The van der Waals surface area contributed by atoms with Crippen molar-refractivity contribution in [1.29, 1.82) is 0 Å². The molecule has 0 unspecified atom stereocenters. The first-order valence-electron chi connectivity index (χ1n) is 6.32. The van der Waals surface area contributed by atoms with Crippen LogP contribution in [0.15, 0.2) is 34.3 Å². The monoisotopic (exact) mass is 341 g/mol. The minimum absolute atomic E-state index is 0.232. The van der Waals surface area contributed by atoms with E-state index in [9.17, 15) is 9.59 Å². The minimum atomic E-state index is -0.460. The molecule has 0 atom stereocenters. The Morgan fingerprint density at radius 2 is 2.19 bits per heavy atom. The van der Waals surface area contributed by atoms with Gasteiger partial charge in [-0.25, -0.2) is 4.79 Å². The number of amides is 1. The van der Waals surface area contributed by atoms with Gasteiger partial charge in [0.15, 0.2) is 6.61 Å². The van der Waals surface area contributed by atoms with Gasteiger partial charge in [-0.15, -0.1) is 11.3 Å². The van der Waals surface area contributed by atoms with E-state index < -0.39 is 5.97 Å². The molecule has 0 aliphatic heterocycles. The summed E-state index contributed by atoms with van der Waals surface area (Å²) in [6.45, 7) is 0.342. The summed E-state index contributed by atoms with van der Waals surface area (Å²) in [5.41, 5.74) is 0.485. The Morgan fingerprint density at radius 3 is 2.90 bits per heavy atom. The number of carbonyl (C=O) groups excluding carboxylic acids is 2.